The van der Waals surface area contributed by atoms with E-state index in [2.05, 4.69) is 17.0 Å². The highest BCUT2D eigenvalue weighted by Gasteiger charge is 2.27. The van der Waals surface area contributed by atoms with Crippen molar-refractivity contribution < 1.29 is 27.4 Å². The molecular weight excluding hydrogens is 299 g/mol. The molecule has 0 aliphatic carbocycles. The van der Waals surface area contributed by atoms with E-state index in [0.717, 1.165) is 18.4 Å². The summed E-state index contributed by atoms with van der Waals surface area (Å²) in [5.41, 5.74) is 1.28. The first-order chi connectivity index (χ1) is 10.3. The summed E-state index contributed by atoms with van der Waals surface area (Å²) in [7, 11) is 0. The molecule has 0 saturated carbocycles. The molecule has 124 valence electrons. The lowest BCUT2D eigenvalue weighted by Crippen LogP contribution is -2.24. The molecule has 0 aromatic heterocycles. The van der Waals surface area contributed by atoms with Crippen molar-refractivity contribution in [2.24, 2.45) is 0 Å². The lowest BCUT2D eigenvalue weighted by atomic mass is 10.2. The fourth-order valence-electron chi connectivity index (χ4n) is 1.65. The Bertz CT molecular complexity index is 489. The largest absolute Gasteiger partial charge is 0.494 e. The lowest BCUT2D eigenvalue weighted by Gasteiger charge is -2.12. The van der Waals surface area contributed by atoms with Crippen LogP contribution in [0, 0.1) is 6.92 Å². The van der Waals surface area contributed by atoms with Gasteiger partial charge in [0.05, 0.1) is 6.61 Å². The van der Waals surface area contributed by atoms with Crippen LogP contribution in [0.5, 0.6) is 5.75 Å². The predicted octanol–water partition coefficient (Wildman–Crippen LogP) is 3.69. The predicted molar refractivity (Wildman–Crippen MR) is 77.1 cm³/mol. The fraction of sp³-hybridized carbons (Fsp3) is 0.533. The van der Waals surface area contributed by atoms with Gasteiger partial charge in [0.2, 0.25) is 5.91 Å². The number of hydrogen-bond donors (Lipinski definition) is 1. The number of halogens is 3. The summed E-state index contributed by atoms with van der Waals surface area (Å²) in [4.78, 5) is 11.5. The summed E-state index contributed by atoms with van der Waals surface area (Å²) in [6, 6.07) is 5.12. The van der Waals surface area contributed by atoms with Crippen LogP contribution in [-0.4, -0.2) is 31.9 Å². The number of carbonyl (C=O) groups is 1. The van der Waals surface area contributed by atoms with Crippen molar-refractivity contribution in [2.75, 3.05) is 25.1 Å². The van der Waals surface area contributed by atoms with Crippen LogP contribution in [0.15, 0.2) is 18.2 Å². The molecule has 0 unspecified atom stereocenters. The topological polar surface area (TPSA) is 47.6 Å². The zero-order chi connectivity index (χ0) is 16.6. The van der Waals surface area contributed by atoms with E-state index >= 15 is 0 Å². The van der Waals surface area contributed by atoms with Gasteiger partial charge in [0.1, 0.15) is 19.0 Å². The number of aryl methyl sites for hydroxylation is 1. The number of benzene rings is 1. The molecule has 1 aromatic rings. The average molecular weight is 319 g/mol. The van der Waals surface area contributed by atoms with E-state index in [0.29, 0.717) is 18.0 Å². The SMILES string of the molecule is CCCCOc1ccc(NC(=O)COCC(F)(F)F)c(C)c1. The minimum Gasteiger partial charge on any atom is -0.494 e. The van der Waals surface area contributed by atoms with Crippen LogP contribution in [0.4, 0.5) is 18.9 Å². The number of rotatable bonds is 8. The van der Waals surface area contributed by atoms with E-state index in [1.54, 1.807) is 25.1 Å². The maximum atomic E-state index is 11.9. The van der Waals surface area contributed by atoms with Crippen molar-refractivity contribution in [3.05, 3.63) is 23.8 Å². The van der Waals surface area contributed by atoms with Crippen molar-refractivity contribution in [1.29, 1.82) is 0 Å². The molecule has 0 saturated heterocycles. The number of unbranched alkanes of at least 4 members (excludes halogenated alkanes) is 1. The summed E-state index contributed by atoms with van der Waals surface area (Å²) in [5, 5.41) is 2.50. The van der Waals surface area contributed by atoms with Crippen molar-refractivity contribution >= 4 is 11.6 Å². The van der Waals surface area contributed by atoms with E-state index in [1.165, 1.54) is 0 Å². The van der Waals surface area contributed by atoms with Crippen molar-refractivity contribution in [1.82, 2.24) is 0 Å². The Kier molecular flexibility index (Phi) is 7.17. The molecule has 1 N–H and O–H groups in total. The van der Waals surface area contributed by atoms with Crippen LogP contribution in [-0.2, 0) is 9.53 Å². The first-order valence-corrected chi connectivity index (χ1v) is 6.99. The molecular formula is C15H20F3NO3. The number of alkyl halides is 3. The molecule has 0 bridgehead atoms. The van der Waals surface area contributed by atoms with E-state index in [4.69, 9.17) is 4.74 Å². The van der Waals surface area contributed by atoms with Gasteiger partial charge in [-0.3, -0.25) is 4.79 Å². The number of hydrogen-bond acceptors (Lipinski definition) is 3. The number of carbonyl (C=O) groups excluding carboxylic acids is 1. The van der Waals surface area contributed by atoms with Crippen LogP contribution < -0.4 is 10.1 Å². The molecule has 1 aromatic carbocycles. The average Bonchev–Trinajstić information content (AvgIpc) is 2.40. The zero-order valence-corrected chi connectivity index (χ0v) is 12.6. The third-order valence-electron chi connectivity index (χ3n) is 2.74. The second kappa shape index (κ2) is 8.63. The second-order valence-corrected chi connectivity index (χ2v) is 4.83. The van der Waals surface area contributed by atoms with E-state index in [1.807, 2.05) is 0 Å². The smallest absolute Gasteiger partial charge is 0.411 e. The van der Waals surface area contributed by atoms with Gasteiger partial charge < -0.3 is 14.8 Å². The molecule has 0 aliphatic heterocycles. The summed E-state index contributed by atoms with van der Waals surface area (Å²) in [6.45, 7) is 2.37. The third kappa shape index (κ3) is 7.31. The van der Waals surface area contributed by atoms with Gasteiger partial charge in [-0.1, -0.05) is 13.3 Å². The van der Waals surface area contributed by atoms with Crippen LogP contribution in [0.3, 0.4) is 0 Å². The number of amides is 1. The molecule has 0 atom stereocenters. The molecule has 22 heavy (non-hydrogen) atoms. The van der Waals surface area contributed by atoms with Gasteiger partial charge in [-0.05, 0) is 37.1 Å². The molecule has 1 rings (SSSR count). The van der Waals surface area contributed by atoms with Gasteiger partial charge in [0.25, 0.3) is 0 Å². The Labute approximate surface area is 127 Å². The molecule has 0 fully saturated rings. The monoisotopic (exact) mass is 319 g/mol. The van der Waals surface area contributed by atoms with Crippen LogP contribution >= 0.6 is 0 Å². The molecule has 0 aliphatic rings. The Hall–Kier alpha value is -1.76. The van der Waals surface area contributed by atoms with E-state index < -0.39 is 25.3 Å². The standard InChI is InChI=1S/C15H20F3NO3/c1-3-4-7-22-12-5-6-13(11(2)8-12)19-14(20)9-21-10-15(16,17)18/h5-6,8H,3-4,7,9-10H2,1-2H3,(H,19,20). The number of anilines is 1. The maximum Gasteiger partial charge on any atom is 0.411 e. The second-order valence-electron chi connectivity index (χ2n) is 4.83. The summed E-state index contributed by atoms with van der Waals surface area (Å²) < 4.78 is 45.5. The molecule has 0 spiro atoms. The highest BCUT2D eigenvalue weighted by molar-refractivity contribution is 5.92. The van der Waals surface area contributed by atoms with Crippen LogP contribution in [0.1, 0.15) is 25.3 Å². The molecule has 4 nitrogen and oxygen atoms in total. The van der Waals surface area contributed by atoms with Crippen LogP contribution in [0.2, 0.25) is 0 Å². The summed E-state index contributed by atoms with van der Waals surface area (Å²) in [6.07, 6.45) is -2.45. The van der Waals surface area contributed by atoms with Crippen molar-refractivity contribution in [3.63, 3.8) is 0 Å². The fourth-order valence-corrected chi connectivity index (χ4v) is 1.65. The quantitative estimate of drug-likeness (QED) is 0.743. The molecule has 7 heteroatoms. The zero-order valence-electron chi connectivity index (χ0n) is 12.6. The van der Waals surface area contributed by atoms with Gasteiger partial charge in [0, 0.05) is 5.69 Å². The van der Waals surface area contributed by atoms with Crippen LogP contribution in [0.25, 0.3) is 0 Å². The molecule has 0 radical (unpaired) electrons. The van der Waals surface area contributed by atoms with Gasteiger partial charge in [0.15, 0.2) is 0 Å². The van der Waals surface area contributed by atoms with Gasteiger partial charge in [-0.25, -0.2) is 0 Å². The Morgan fingerprint density at radius 3 is 2.64 bits per heavy atom. The Morgan fingerprint density at radius 1 is 1.32 bits per heavy atom. The van der Waals surface area contributed by atoms with Gasteiger partial charge >= 0.3 is 6.18 Å². The minimum absolute atomic E-state index is 0.517. The summed E-state index contributed by atoms with van der Waals surface area (Å²) >= 11 is 0. The van der Waals surface area contributed by atoms with E-state index in [9.17, 15) is 18.0 Å². The molecule has 1 amide bonds. The highest BCUT2D eigenvalue weighted by Crippen LogP contribution is 2.21. The van der Waals surface area contributed by atoms with Gasteiger partial charge in [-0.2, -0.15) is 13.2 Å². The number of ether oxygens (including phenoxy) is 2. The number of nitrogens with one attached hydrogen (secondary N) is 1. The van der Waals surface area contributed by atoms with Crippen molar-refractivity contribution in [3.8, 4) is 5.75 Å². The van der Waals surface area contributed by atoms with Crippen molar-refractivity contribution in [2.45, 2.75) is 32.9 Å². The minimum atomic E-state index is -4.44. The Morgan fingerprint density at radius 2 is 2.05 bits per heavy atom. The first kappa shape index (κ1) is 18.3. The Balaban J connectivity index is 2.46. The van der Waals surface area contributed by atoms with Gasteiger partial charge in [-0.15, -0.1) is 0 Å². The normalized spacial score (nSPS) is 11.3. The highest BCUT2D eigenvalue weighted by atomic mass is 19.4. The van der Waals surface area contributed by atoms with E-state index in [-0.39, 0.29) is 0 Å². The molecule has 0 heterocycles. The maximum absolute atomic E-state index is 11.9. The third-order valence-corrected chi connectivity index (χ3v) is 2.74. The first-order valence-electron chi connectivity index (χ1n) is 6.99. The lowest BCUT2D eigenvalue weighted by molar-refractivity contribution is -0.174. The summed E-state index contributed by atoms with van der Waals surface area (Å²) in [5.74, 6) is 0.0595.